The molecule has 1 N–H and O–H groups in total. The van der Waals surface area contributed by atoms with Crippen LogP contribution in [0.2, 0.25) is 0 Å². The van der Waals surface area contributed by atoms with Gasteiger partial charge in [0.2, 0.25) is 5.91 Å². The minimum atomic E-state index is -0.226. The highest BCUT2D eigenvalue weighted by molar-refractivity contribution is 8.04. The van der Waals surface area contributed by atoms with E-state index in [2.05, 4.69) is 29.4 Å². The normalized spacial score (nSPS) is 12.2. The molecule has 0 spiro atoms. The third-order valence-electron chi connectivity index (χ3n) is 3.14. The molecule has 0 fully saturated rings. The molecule has 25 heavy (non-hydrogen) atoms. The Kier molecular flexibility index (Phi) is 7.92. The van der Waals surface area contributed by atoms with E-state index in [1.807, 2.05) is 37.3 Å². The van der Waals surface area contributed by atoms with Crippen molar-refractivity contribution in [3.8, 4) is 0 Å². The van der Waals surface area contributed by atoms with Crippen LogP contribution in [0.25, 0.3) is 0 Å². The first-order valence-corrected chi connectivity index (χ1v) is 10.6. The molecule has 5 nitrogen and oxygen atoms in total. The Hall–Kier alpha value is -1.38. The van der Waals surface area contributed by atoms with Crippen molar-refractivity contribution in [2.75, 3.05) is 12.3 Å². The average molecular weight is 396 g/mol. The van der Waals surface area contributed by atoms with Gasteiger partial charge in [0, 0.05) is 12.1 Å². The van der Waals surface area contributed by atoms with Gasteiger partial charge in [-0.15, -0.1) is 10.2 Å². The molecule has 0 bridgehead atoms. The fourth-order valence-corrected chi connectivity index (χ4v) is 4.87. The lowest BCUT2D eigenvalue weighted by atomic mass is 10.2. The van der Waals surface area contributed by atoms with Gasteiger partial charge in [-0.2, -0.15) is 0 Å². The third-order valence-corrected chi connectivity index (χ3v) is 6.38. The van der Waals surface area contributed by atoms with Crippen LogP contribution in [0.1, 0.15) is 31.1 Å². The molecule has 0 saturated carbocycles. The van der Waals surface area contributed by atoms with E-state index >= 15 is 0 Å². The van der Waals surface area contributed by atoms with Crippen LogP contribution in [-0.2, 0) is 4.79 Å². The third kappa shape index (κ3) is 6.80. The number of hydrogen-bond acceptors (Lipinski definition) is 7. The molecule has 1 amide bonds. The fraction of sp³-hybridized carbons (Fsp3) is 0.412. The molecular weight excluding hydrogens is 374 g/mol. The van der Waals surface area contributed by atoms with E-state index in [9.17, 15) is 9.59 Å². The first-order valence-electron chi connectivity index (χ1n) is 7.94. The Balaban J connectivity index is 1.81. The highest BCUT2D eigenvalue weighted by Gasteiger charge is 2.17. The number of nitrogens with one attached hydrogen (secondary N) is 1. The number of nitrogens with zero attached hydrogens (tertiary/aromatic N) is 2. The number of aromatic nitrogens is 2. The minimum Gasteiger partial charge on any atom is -0.355 e. The Bertz CT molecular complexity index is 704. The summed E-state index contributed by atoms with van der Waals surface area (Å²) >= 11 is 4.18. The minimum absolute atomic E-state index is 0.00218. The average Bonchev–Trinajstić information content (AvgIpc) is 3.05. The highest BCUT2D eigenvalue weighted by Crippen LogP contribution is 2.31. The van der Waals surface area contributed by atoms with E-state index in [4.69, 9.17) is 0 Å². The monoisotopic (exact) mass is 395 g/mol. The summed E-state index contributed by atoms with van der Waals surface area (Å²) in [5.41, 5.74) is 0.699. The van der Waals surface area contributed by atoms with Crippen molar-refractivity contribution < 1.29 is 9.59 Å². The van der Waals surface area contributed by atoms with Gasteiger partial charge in [0.05, 0.1) is 11.0 Å². The molecule has 2 aromatic rings. The van der Waals surface area contributed by atoms with Gasteiger partial charge in [-0.25, -0.2) is 0 Å². The lowest BCUT2D eigenvalue weighted by molar-refractivity contribution is -0.120. The number of carbonyl (C=O) groups is 2. The van der Waals surface area contributed by atoms with E-state index < -0.39 is 0 Å². The molecule has 0 aliphatic carbocycles. The Labute approximate surface area is 160 Å². The SMILES string of the molecule is CC(C)CNC(=O)[C@@H](C)Sc1nnc(SCC(=O)c2ccccc2)s1. The number of thioether (sulfide) groups is 2. The molecule has 0 radical (unpaired) electrons. The first-order chi connectivity index (χ1) is 12.0. The molecule has 0 unspecified atom stereocenters. The molecule has 1 atom stereocenters. The summed E-state index contributed by atoms with van der Waals surface area (Å²) in [7, 11) is 0. The number of ketones is 1. The molecule has 0 saturated heterocycles. The zero-order chi connectivity index (χ0) is 18.2. The maximum absolute atomic E-state index is 12.1. The topological polar surface area (TPSA) is 72.0 Å². The predicted molar refractivity (Wildman–Crippen MR) is 105 cm³/mol. The van der Waals surface area contributed by atoms with Gasteiger partial charge in [0.1, 0.15) is 0 Å². The number of rotatable bonds is 9. The fourth-order valence-electron chi connectivity index (χ4n) is 1.79. The lowest BCUT2D eigenvalue weighted by Crippen LogP contribution is -2.33. The van der Waals surface area contributed by atoms with E-state index in [1.165, 1.54) is 34.9 Å². The van der Waals surface area contributed by atoms with Crippen LogP contribution in [0.15, 0.2) is 39.0 Å². The largest absolute Gasteiger partial charge is 0.355 e. The Morgan fingerprint density at radius 3 is 2.48 bits per heavy atom. The number of Topliss-reactive ketones (excluding diaryl/α,β-unsaturated/α-hetero) is 1. The van der Waals surface area contributed by atoms with Crippen LogP contribution in [-0.4, -0.2) is 39.4 Å². The summed E-state index contributed by atoms with van der Waals surface area (Å²) in [4.78, 5) is 24.1. The molecular formula is C17H21N3O2S3. The molecule has 134 valence electrons. The van der Waals surface area contributed by atoms with E-state index in [-0.39, 0.29) is 16.9 Å². The summed E-state index contributed by atoms with van der Waals surface area (Å²) < 4.78 is 1.48. The zero-order valence-corrected chi connectivity index (χ0v) is 16.8. The van der Waals surface area contributed by atoms with Crippen LogP contribution >= 0.6 is 34.9 Å². The number of benzene rings is 1. The van der Waals surface area contributed by atoms with Gasteiger partial charge in [0.25, 0.3) is 0 Å². The molecule has 1 aromatic heterocycles. The van der Waals surface area contributed by atoms with Crippen molar-refractivity contribution in [3.63, 3.8) is 0 Å². The quantitative estimate of drug-likeness (QED) is 0.515. The molecule has 2 rings (SSSR count). The van der Waals surface area contributed by atoms with Crippen molar-refractivity contribution in [2.24, 2.45) is 5.92 Å². The second-order valence-corrected chi connectivity index (χ2v) is 9.60. The van der Waals surface area contributed by atoms with Crippen LogP contribution in [0, 0.1) is 5.92 Å². The summed E-state index contributed by atoms with van der Waals surface area (Å²) in [5, 5.41) is 10.9. The number of hydrogen-bond donors (Lipinski definition) is 1. The summed E-state index contributed by atoms with van der Waals surface area (Å²) in [5.74, 6) is 0.819. The van der Waals surface area contributed by atoms with E-state index in [1.54, 1.807) is 0 Å². The zero-order valence-electron chi connectivity index (χ0n) is 14.4. The van der Waals surface area contributed by atoms with Gasteiger partial charge >= 0.3 is 0 Å². The standard InChI is InChI=1S/C17H21N3O2S3/c1-11(2)9-18-15(22)12(3)24-17-20-19-16(25-17)23-10-14(21)13-7-5-4-6-8-13/h4-8,11-12H,9-10H2,1-3H3,(H,18,22)/t12-/m1/s1. The van der Waals surface area contributed by atoms with Crippen molar-refractivity contribution in [3.05, 3.63) is 35.9 Å². The second kappa shape index (κ2) is 9.94. The summed E-state index contributed by atoms with van der Waals surface area (Å²) in [6.45, 7) is 6.64. The Morgan fingerprint density at radius 2 is 1.80 bits per heavy atom. The maximum atomic E-state index is 12.1. The number of carbonyl (C=O) groups excluding carboxylic acids is 2. The van der Waals surface area contributed by atoms with Crippen molar-refractivity contribution in [2.45, 2.75) is 34.7 Å². The smallest absolute Gasteiger partial charge is 0.233 e. The molecule has 0 aliphatic rings. The van der Waals surface area contributed by atoms with Crippen LogP contribution in [0.3, 0.4) is 0 Å². The van der Waals surface area contributed by atoms with Gasteiger partial charge in [-0.05, 0) is 12.8 Å². The van der Waals surface area contributed by atoms with Crippen molar-refractivity contribution in [1.82, 2.24) is 15.5 Å². The number of amides is 1. The van der Waals surface area contributed by atoms with Crippen LogP contribution in [0.4, 0.5) is 0 Å². The van der Waals surface area contributed by atoms with Crippen LogP contribution in [0.5, 0.6) is 0 Å². The van der Waals surface area contributed by atoms with Gasteiger partial charge in [-0.3, -0.25) is 9.59 Å². The molecule has 0 aliphatic heterocycles. The molecule has 1 heterocycles. The van der Waals surface area contributed by atoms with Gasteiger partial charge in [-0.1, -0.05) is 79.0 Å². The lowest BCUT2D eigenvalue weighted by Gasteiger charge is -2.11. The summed E-state index contributed by atoms with van der Waals surface area (Å²) in [6.07, 6.45) is 0. The predicted octanol–water partition coefficient (Wildman–Crippen LogP) is 3.77. The Morgan fingerprint density at radius 1 is 1.12 bits per heavy atom. The molecule has 8 heteroatoms. The summed E-state index contributed by atoms with van der Waals surface area (Å²) in [6, 6.07) is 9.20. The highest BCUT2D eigenvalue weighted by atomic mass is 32.2. The van der Waals surface area contributed by atoms with E-state index in [0.717, 1.165) is 8.68 Å². The maximum Gasteiger partial charge on any atom is 0.233 e. The van der Waals surface area contributed by atoms with Gasteiger partial charge < -0.3 is 5.32 Å². The van der Waals surface area contributed by atoms with Crippen molar-refractivity contribution in [1.29, 1.82) is 0 Å². The van der Waals surface area contributed by atoms with Gasteiger partial charge in [0.15, 0.2) is 14.5 Å². The first kappa shape index (κ1) is 19.9. The van der Waals surface area contributed by atoms with Crippen LogP contribution < -0.4 is 5.32 Å². The van der Waals surface area contributed by atoms with Crippen molar-refractivity contribution >= 4 is 46.6 Å². The second-order valence-electron chi connectivity index (χ2n) is 5.81. The van der Waals surface area contributed by atoms with E-state index in [0.29, 0.717) is 23.8 Å². The molecule has 1 aromatic carbocycles.